The molecule has 0 fully saturated rings. The largest absolute Gasteiger partial charge is 0.387 e. The number of nitrogens with zero attached hydrogens (tertiary/aromatic N) is 2. The minimum atomic E-state index is 0.0630. The van der Waals surface area contributed by atoms with E-state index in [1.54, 1.807) is 11.8 Å². The Bertz CT molecular complexity index is 456. The zero-order valence-electron chi connectivity index (χ0n) is 10.5. The third kappa shape index (κ3) is 6.94. The van der Waals surface area contributed by atoms with Gasteiger partial charge in [-0.15, -0.1) is 0 Å². The van der Waals surface area contributed by atoms with Crippen LogP contribution in [0.2, 0.25) is 0 Å². The second kappa shape index (κ2) is 8.68. The summed E-state index contributed by atoms with van der Waals surface area (Å²) in [7, 11) is 0. The molecule has 104 valence electrons. The van der Waals surface area contributed by atoms with Crippen LogP contribution in [0, 0.1) is 0 Å². The first kappa shape index (κ1) is 15.7. The Labute approximate surface area is 121 Å². The average molecular weight is 298 g/mol. The Hall–Kier alpha value is -1.38. The number of thioether (sulfide) groups is 1. The summed E-state index contributed by atoms with van der Waals surface area (Å²) >= 11 is 2.65. The van der Waals surface area contributed by atoms with Crippen LogP contribution >= 0.6 is 23.9 Å². The van der Waals surface area contributed by atoms with Gasteiger partial charge in [0.1, 0.15) is 5.84 Å². The molecule has 0 aliphatic carbocycles. The van der Waals surface area contributed by atoms with Crippen molar-refractivity contribution in [3.05, 3.63) is 29.8 Å². The number of benzene rings is 1. The number of amidine groups is 1. The van der Waals surface area contributed by atoms with Crippen LogP contribution in [-0.4, -0.2) is 17.5 Å². The molecule has 0 aromatic heterocycles. The van der Waals surface area contributed by atoms with Gasteiger partial charge in [0, 0.05) is 17.9 Å². The molecule has 0 amide bonds. The Balaban J connectivity index is 2.41. The maximum absolute atomic E-state index is 5.63. The van der Waals surface area contributed by atoms with Gasteiger partial charge in [0.05, 0.1) is 17.8 Å². The van der Waals surface area contributed by atoms with E-state index in [4.69, 9.17) is 22.3 Å². The Morgan fingerprint density at radius 3 is 2.68 bits per heavy atom. The van der Waals surface area contributed by atoms with Crippen molar-refractivity contribution in [3.8, 4) is 0 Å². The van der Waals surface area contributed by atoms with Gasteiger partial charge in [0.25, 0.3) is 0 Å². The van der Waals surface area contributed by atoms with Crippen molar-refractivity contribution in [1.82, 2.24) is 0 Å². The van der Waals surface area contributed by atoms with Gasteiger partial charge in [-0.2, -0.15) is 16.2 Å². The third-order valence-electron chi connectivity index (χ3n) is 2.11. The lowest BCUT2D eigenvalue weighted by molar-refractivity contribution is 1.26. The van der Waals surface area contributed by atoms with Crippen LogP contribution in [0.4, 0.5) is 5.69 Å². The summed E-state index contributed by atoms with van der Waals surface area (Å²) in [6.07, 6.45) is 0.725. The van der Waals surface area contributed by atoms with Crippen LogP contribution < -0.4 is 22.3 Å². The van der Waals surface area contributed by atoms with Gasteiger partial charge in [-0.1, -0.05) is 12.1 Å². The van der Waals surface area contributed by atoms with E-state index < -0.39 is 0 Å². The van der Waals surface area contributed by atoms with Crippen molar-refractivity contribution in [2.75, 3.05) is 5.75 Å². The van der Waals surface area contributed by atoms with Gasteiger partial charge < -0.3 is 17.2 Å². The molecule has 8 N–H and O–H groups in total. The lowest BCUT2D eigenvalue weighted by atomic mass is 10.2. The van der Waals surface area contributed by atoms with Crippen molar-refractivity contribution in [3.63, 3.8) is 0 Å². The maximum atomic E-state index is 5.63. The molecule has 0 aliphatic heterocycles. The molecule has 0 aliphatic rings. The van der Waals surface area contributed by atoms with Crippen LogP contribution in [0.25, 0.3) is 0 Å². The summed E-state index contributed by atoms with van der Waals surface area (Å²) in [6.45, 7) is 0. The van der Waals surface area contributed by atoms with Gasteiger partial charge in [0.15, 0.2) is 5.96 Å². The fraction of sp³-hybridized carbons (Fsp3) is 0.273. The Morgan fingerprint density at radius 2 is 2.00 bits per heavy atom. The fourth-order valence-corrected chi connectivity index (χ4v) is 2.48. The third-order valence-corrected chi connectivity index (χ3v) is 3.48. The molecule has 1 aromatic rings. The summed E-state index contributed by atoms with van der Waals surface area (Å²) in [5.41, 5.74) is 18.2. The quantitative estimate of drug-likeness (QED) is 0.258. The smallest absolute Gasteiger partial charge is 0.191 e. The molecule has 8 heteroatoms. The van der Waals surface area contributed by atoms with Crippen LogP contribution in [-0.2, 0) is 5.75 Å². The molecule has 0 bridgehead atoms. The SMILES string of the molecule is NS/N=C(\N)CCSCc1cccc(N=C(N)N)c1. The topological polar surface area (TPSA) is 129 Å². The predicted molar refractivity (Wildman–Crippen MR) is 86.1 cm³/mol. The molecule has 0 radical (unpaired) electrons. The molecular weight excluding hydrogens is 280 g/mol. The molecule has 0 saturated heterocycles. The zero-order valence-corrected chi connectivity index (χ0v) is 12.1. The normalized spacial score (nSPS) is 11.3. The predicted octanol–water partition coefficient (Wildman–Crippen LogP) is 1.09. The second-order valence-corrected chi connectivity index (χ2v) is 5.20. The Kier molecular flexibility index (Phi) is 7.16. The Morgan fingerprint density at radius 1 is 1.21 bits per heavy atom. The highest BCUT2D eigenvalue weighted by Crippen LogP contribution is 2.18. The van der Waals surface area contributed by atoms with E-state index in [1.807, 2.05) is 24.3 Å². The first-order valence-electron chi connectivity index (χ1n) is 5.56. The first-order chi connectivity index (χ1) is 9.11. The van der Waals surface area contributed by atoms with E-state index in [2.05, 4.69) is 9.39 Å². The number of aliphatic imine (C=N–C) groups is 1. The van der Waals surface area contributed by atoms with E-state index in [0.29, 0.717) is 5.84 Å². The molecule has 6 nitrogen and oxygen atoms in total. The number of hydrogen-bond donors (Lipinski definition) is 4. The first-order valence-corrected chi connectivity index (χ1v) is 7.55. The molecule has 0 saturated carbocycles. The summed E-state index contributed by atoms with van der Waals surface area (Å²) in [5, 5.41) is 5.19. The lowest BCUT2D eigenvalue weighted by Crippen LogP contribution is -2.21. The van der Waals surface area contributed by atoms with Crippen molar-refractivity contribution in [1.29, 1.82) is 0 Å². The van der Waals surface area contributed by atoms with E-state index in [0.717, 1.165) is 41.3 Å². The van der Waals surface area contributed by atoms with Gasteiger partial charge in [-0.3, -0.25) is 5.14 Å². The molecule has 0 unspecified atom stereocenters. The summed E-state index contributed by atoms with van der Waals surface area (Å²) in [6, 6.07) is 7.78. The molecule has 0 atom stereocenters. The number of guanidine groups is 1. The average Bonchev–Trinajstić information content (AvgIpc) is 2.35. The standard InChI is InChI=1S/C11H18N6S2/c12-10(17-19-15)4-5-18-7-8-2-1-3-9(6-8)16-11(13)14/h1-3,6H,4-5,7,15H2,(H2,12,17)(H4,13,14,16). The fourth-order valence-electron chi connectivity index (χ4n) is 1.34. The molecule has 1 aromatic carbocycles. The molecule has 19 heavy (non-hydrogen) atoms. The van der Waals surface area contributed by atoms with E-state index in [9.17, 15) is 0 Å². The molecule has 0 heterocycles. The zero-order chi connectivity index (χ0) is 14.1. The van der Waals surface area contributed by atoms with Crippen LogP contribution in [0.3, 0.4) is 0 Å². The van der Waals surface area contributed by atoms with Crippen molar-refractivity contribution < 1.29 is 0 Å². The minimum absolute atomic E-state index is 0.0630. The highest BCUT2D eigenvalue weighted by Gasteiger charge is 1.98. The molecule has 1 rings (SSSR count). The van der Waals surface area contributed by atoms with Gasteiger partial charge in [0.2, 0.25) is 0 Å². The highest BCUT2D eigenvalue weighted by atomic mass is 32.2. The van der Waals surface area contributed by atoms with Crippen LogP contribution in [0.5, 0.6) is 0 Å². The monoisotopic (exact) mass is 298 g/mol. The maximum Gasteiger partial charge on any atom is 0.191 e. The summed E-state index contributed by atoms with van der Waals surface area (Å²) in [4.78, 5) is 4.01. The summed E-state index contributed by atoms with van der Waals surface area (Å²) in [5.74, 6) is 2.39. The van der Waals surface area contributed by atoms with E-state index in [1.165, 1.54) is 0 Å². The summed E-state index contributed by atoms with van der Waals surface area (Å²) < 4.78 is 3.85. The highest BCUT2D eigenvalue weighted by molar-refractivity contribution is 7.98. The van der Waals surface area contributed by atoms with Crippen molar-refractivity contribution in [2.45, 2.75) is 12.2 Å². The van der Waals surface area contributed by atoms with Crippen molar-refractivity contribution >= 4 is 41.4 Å². The van der Waals surface area contributed by atoms with Gasteiger partial charge >= 0.3 is 0 Å². The van der Waals surface area contributed by atoms with E-state index >= 15 is 0 Å². The number of nitrogens with two attached hydrogens (primary N) is 4. The van der Waals surface area contributed by atoms with Crippen LogP contribution in [0.15, 0.2) is 33.7 Å². The molecular formula is C11H18N6S2. The molecule has 0 spiro atoms. The number of rotatable bonds is 7. The van der Waals surface area contributed by atoms with E-state index in [-0.39, 0.29) is 5.96 Å². The van der Waals surface area contributed by atoms with Crippen LogP contribution in [0.1, 0.15) is 12.0 Å². The second-order valence-electron chi connectivity index (χ2n) is 3.70. The lowest BCUT2D eigenvalue weighted by Gasteiger charge is -2.03. The van der Waals surface area contributed by atoms with Crippen molar-refractivity contribution in [2.24, 2.45) is 31.7 Å². The number of hydrogen-bond acceptors (Lipinski definition) is 5. The minimum Gasteiger partial charge on any atom is -0.387 e. The van der Waals surface area contributed by atoms with Gasteiger partial charge in [-0.05, 0) is 17.7 Å². The van der Waals surface area contributed by atoms with Gasteiger partial charge in [-0.25, -0.2) is 4.99 Å².